The van der Waals surface area contributed by atoms with E-state index in [2.05, 4.69) is 111 Å². The molecule has 1 N–H and O–H groups in total. The molecule has 0 aromatic rings. The molecule has 0 fully saturated rings. The van der Waals surface area contributed by atoms with Crippen molar-refractivity contribution in [2.75, 3.05) is 13.2 Å². The van der Waals surface area contributed by atoms with Crippen LogP contribution in [0.4, 0.5) is 0 Å². The van der Waals surface area contributed by atoms with Gasteiger partial charge in [0.25, 0.3) is 0 Å². The molecule has 1 atom stereocenters. The van der Waals surface area contributed by atoms with E-state index < -0.39 is 6.10 Å². The van der Waals surface area contributed by atoms with Gasteiger partial charge >= 0.3 is 11.9 Å². The van der Waals surface area contributed by atoms with Gasteiger partial charge in [-0.3, -0.25) is 9.59 Å². The van der Waals surface area contributed by atoms with Gasteiger partial charge in [-0.2, -0.15) is 0 Å². The molecule has 5 heteroatoms. The monoisotopic (exact) mass is 1230 g/mol. The van der Waals surface area contributed by atoms with Crippen molar-refractivity contribution in [2.24, 2.45) is 0 Å². The second kappa shape index (κ2) is 78.1. The van der Waals surface area contributed by atoms with Crippen molar-refractivity contribution in [1.82, 2.24) is 0 Å². The molecule has 0 aromatic heterocycles. The fourth-order valence-corrected chi connectivity index (χ4v) is 11.7. The molecular weight excluding hydrogens is 1080 g/mol. The Kier molecular flexibility index (Phi) is 75.2. The topological polar surface area (TPSA) is 72.8 Å². The molecule has 0 radical (unpaired) electrons. The van der Waals surface area contributed by atoms with Crippen LogP contribution in [0.25, 0.3) is 0 Å². The van der Waals surface area contributed by atoms with Gasteiger partial charge in [0.05, 0.1) is 6.61 Å². The second-order valence-corrected chi connectivity index (χ2v) is 26.0. The van der Waals surface area contributed by atoms with Gasteiger partial charge in [-0.1, -0.05) is 394 Å². The molecule has 0 aromatic carbocycles. The van der Waals surface area contributed by atoms with Crippen molar-refractivity contribution >= 4 is 11.9 Å². The number of ether oxygens (including phenoxy) is 2. The lowest BCUT2D eigenvalue weighted by atomic mass is 10.0. The molecule has 0 aliphatic rings. The number of aliphatic hydroxyl groups excluding tert-OH is 1. The summed E-state index contributed by atoms with van der Waals surface area (Å²) in [6.45, 7) is 3.97. The third-order valence-electron chi connectivity index (χ3n) is 17.4. The largest absolute Gasteiger partial charge is 0.462 e. The van der Waals surface area contributed by atoms with Crippen LogP contribution < -0.4 is 0 Å². The van der Waals surface area contributed by atoms with E-state index >= 15 is 0 Å². The maximum absolute atomic E-state index is 12.4. The Morgan fingerprint density at radius 1 is 0.261 bits per heavy atom. The normalized spacial score (nSPS) is 12.7. The molecule has 1 unspecified atom stereocenters. The molecule has 0 saturated heterocycles. The predicted molar refractivity (Wildman–Crippen MR) is 389 cm³/mol. The summed E-state index contributed by atoms with van der Waals surface area (Å²) < 4.78 is 10.8. The molecule has 5 nitrogen and oxygen atoms in total. The minimum absolute atomic E-state index is 0.0617. The highest BCUT2D eigenvalue weighted by atomic mass is 16.6. The van der Waals surface area contributed by atoms with E-state index in [1.165, 1.54) is 283 Å². The highest BCUT2D eigenvalue weighted by Gasteiger charge is 2.16. The van der Waals surface area contributed by atoms with E-state index in [0.717, 1.165) is 89.9 Å². The zero-order chi connectivity index (χ0) is 63.3. The smallest absolute Gasteiger partial charge is 0.306 e. The van der Waals surface area contributed by atoms with Crippen molar-refractivity contribution in [3.63, 3.8) is 0 Å². The maximum Gasteiger partial charge on any atom is 0.306 e. The average molecular weight is 1230 g/mol. The number of aliphatic hydroxyl groups is 1. The van der Waals surface area contributed by atoms with E-state index in [1.54, 1.807) is 0 Å². The molecule has 510 valence electrons. The molecule has 0 aliphatic carbocycles. The maximum atomic E-state index is 12.4. The first-order valence-corrected chi connectivity index (χ1v) is 38.8. The first-order valence-electron chi connectivity index (χ1n) is 38.8. The van der Waals surface area contributed by atoms with Crippen LogP contribution in [-0.4, -0.2) is 36.4 Å². The summed E-state index contributed by atoms with van der Waals surface area (Å²) in [5.74, 6) is -0.568. The Labute approximate surface area is 548 Å². The van der Waals surface area contributed by atoms with E-state index in [0.29, 0.717) is 12.8 Å². The van der Waals surface area contributed by atoms with Crippen LogP contribution in [0.3, 0.4) is 0 Å². The summed E-state index contributed by atoms with van der Waals surface area (Å²) >= 11 is 0. The van der Waals surface area contributed by atoms with Crippen molar-refractivity contribution in [2.45, 2.75) is 405 Å². The SMILES string of the molecule is CC/C=C\C/C=C\C/C=C\C/C=C\CCCCCCCCCCCCCCCCCCCCCCCCCCCCC(=O)OC(CO)COC(=O)CCCCCCCCCCCCCCCCCCCCCCCC/C=C\C/C=C\C/C=C\C/C=C\CC. The van der Waals surface area contributed by atoms with Crippen LogP contribution in [-0.2, 0) is 19.1 Å². The summed E-state index contributed by atoms with van der Waals surface area (Å²) in [5, 5.41) is 9.73. The van der Waals surface area contributed by atoms with Gasteiger partial charge in [0.15, 0.2) is 6.10 Å². The van der Waals surface area contributed by atoms with E-state index in [-0.39, 0.29) is 25.2 Å². The number of hydrogen-bond donors (Lipinski definition) is 1. The number of carbonyl (C=O) groups excluding carboxylic acids is 2. The zero-order valence-electron chi connectivity index (χ0n) is 58.7. The Balaban J connectivity index is 3.38. The molecule has 0 aliphatic heterocycles. The number of allylic oxidation sites excluding steroid dienone is 16. The van der Waals surface area contributed by atoms with Crippen LogP contribution >= 0.6 is 0 Å². The van der Waals surface area contributed by atoms with E-state index in [1.807, 2.05) is 0 Å². The molecule has 0 spiro atoms. The van der Waals surface area contributed by atoms with Crippen LogP contribution in [0.5, 0.6) is 0 Å². The van der Waals surface area contributed by atoms with Gasteiger partial charge in [0.2, 0.25) is 0 Å². The minimum Gasteiger partial charge on any atom is -0.462 e. The molecule has 0 rings (SSSR count). The standard InChI is InChI=1S/C83H148O5/c1-3-5-7-9-11-13-15-17-19-21-23-25-27-29-31-33-35-37-39-40-41-42-44-46-48-50-52-54-56-58-60-62-64-66-68-70-72-74-76-78-83(86)88-81(79-84)80-87-82(85)77-75-73-71-69-67-65-63-61-59-57-55-53-51-49-47-45-43-38-36-34-32-30-28-26-24-22-20-18-16-14-12-10-8-6-4-2/h5-8,11-14,17-20,23-26,81,84H,3-4,9-10,15-16,21-22,27-80H2,1-2H3/b7-5-,8-6-,13-11-,14-12-,19-17-,20-18-,25-23-,26-24-. The van der Waals surface area contributed by atoms with Crippen LogP contribution in [0.2, 0.25) is 0 Å². The number of hydrogen-bond acceptors (Lipinski definition) is 5. The Morgan fingerprint density at radius 3 is 0.682 bits per heavy atom. The van der Waals surface area contributed by atoms with E-state index in [9.17, 15) is 14.7 Å². The highest BCUT2D eigenvalue weighted by Crippen LogP contribution is 2.19. The molecule has 0 heterocycles. The van der Waals surface area contributed by atoms with Crippen LogP contribution in [0.15, 0.2) is 97.2 Å². The number of carbonyl (C=O) groups is 2. The van der Waals surface area contributed by atoms with Gasteiger partial charge in [0, 0.05) is 12.8 Å². The second-order valence-electron chi connectivity index (χ2n) is 26.0. The quantitative estimate of drug-likeness (QED) is 0.0373. The lowest BCUT2D eigenvalue weighted by molar-refractivity contribution is -0.161. The summed E-state index contributed by atoms with van der Waals surface area (Å²) in [7, 11) is 0. The van der Waals surface area contributed by atoms with Crippen molar-refractivity contribution < 1.29 is 24.2 Å². The van der Waals surface area contributed by atoms with E-state index in [4.69, 9.17) is 9.47 Å². The molecule has 0 amide bonds. The van der Waals surface area contributed by atoms with Crippen LogP contribution in [0, 0.1) is 0 Å². The summed E-state index contributed by atoms with van der Waals surface area (Å²) in [6.07, 6.45) is 112. The molecular formula is C83H148O5. The van der Waals surface area contributed by atoms with Gasteiger partial charge < -0.3 is 14.6 Å². The fraction of sp³-hybridized carbons (Fsp3) is 0.783. The first kappa shape index (κ1) is 84.8. The Bertz CT molecular complexity index is 1630. The lowest BCUT2D eigenvalue weighted by Crippen LogP contribution is -2.28. The lowest BCUT2D eigenvalue weighted by Gasteiger charge is -2.15. The van der Waals surface area contributed by atoms with Crippen LogP contribution in [0.1, 0.15) is 399 Å². The zero-order valence-corrected chi connectivity index (χ0v) is 58.7. The Hall–Kier alpha value is -3.18. The number of esters is 2. The summed E-state index contributed by atoms with van der Waals surface area (Å²) in [4.78, 5) is 24.7. The molecule has 88 heavy (non-hydrogen) atoms. The summed E-state index contributed by atoms with van der Waals surface area (Å²) in [6, 6.07) is 0. The molecule has 0 saturated carbocycles. The van der Waals surface area contributed by atoms with Crippen molar-refractivity contribution in [3.8, 4) is 0 Å². The van der Waals surface area contributed by atoms with Gasteiger partial charge in [-0.25, -0.2) is 0 Å². The van der Waals surface area contributed by atoms with Gasteiger partial charge in [-0.15, -0.1) is 0 Å². The number of rotatable bonds is 72. The van der Waals surface area contributed by atoms with Crippen molar-refractivity contribution in [3.05, 3.63) is 97.2 Å². The third-order valence-corrected chi connectivity index (χ3v) is 17.4. The number of unbranched alkanes of at least 4 members (excludes halogenated alkanes) is 48. The Morgan fingerprint density at radius 2 is 0.455 bits per heavy atom. The fourth-order valence-electron chi connectivity index (χ4n) is 11.7. The van der Waals surface area contributed by atoms with Gasteiger partial charge in [-0.05, 0) is 89.9 Å². The van der Waals surface area contributed by atoms with Gasteiger partial charge in [0.1, 0.15) is 6.61 Å². The third kappa shape index (κ3) is 75.3. The van der Waals surface area contributed by atoms with Crippen molar-refractivity contribution in [1.29, 1.82) is 0 Å². The average Bonchev–Trinajstić information content (AvgIpc) is 3.54. The summed E-state index contributed by atoms with van der Waals surface area (Å²) in [5.41, 5.74) is 0. The molecule has 0 bridgehead atoms. The predicted octanol–water partition coefficient (Wildman–Crippen LogP) is 27.3. The highest BCUT2D eigenvalue weighted by molar-refractivity contribution is 5.70. The first-order chi connectivity index (χ1) is 43.6. The minimum atomic E-state index is -0.773.